The lowest BCUT2D eigenvalue weighted by atomic mass is 9.83. The summed E-state index contributed by atoms with van der Waals surface area (Å²) in [5.74, 6) is -0.296. The molecule has 17 heavy (non-hydrogen) atoms. The molecule has 2 atom stereocenters. The number of hydrogen-bond acceptors (Lipinski definition) is 3. The number of primary amides is 1. The summed E-state index contributed by atoms with van der Waals surface area (Å²) in [6, 6.07) is -0.262. The summed E-state index contributed by atoms with van der Waals surface area (Å²) in [4.78, 5) is 10.9. The van der Waals surface area contributed by atoms with E-state index in [-0.39, 0.29) is 23.7 Å². The zero-order valence-electron chi connectivity index (χ0n) is 10.7. The molecule has 1 spiro atoms. The van der Waals surface area contributed by atoms with Crippen LogP contribution in [0.1, 0.15) is 51.9 Å². The van der Waals surface area contributed by atoms with Gasteiger partial charge in [-0.25, -0.2) is 0 Å². The molecule has 2 rings (SSSR count). The van der Waals surface area contributed by atoms with Crippen LogP contribution in [0, 0.1) is 0 Å². The third-order valence-electron chi connectivity index (χ3n) is 4.18. The maximum absolute atomic E-state index is 10.9. The highest BCUT2D eigenvalue weighted by molar-refractivity contribution is 5.79. The van der Waals surface area contributed by atoms with Crippen molar-refractivity contribution in [2.45, 2.75) is 69.6 Å². The topological polar surface area (TPSA) is 64.3 Å². The van der Waals surface area contributed by atoms with Gasteiger partial charge in [-0.15, -0.1) is 0 Å². The predicted octanol–water partition coefficient (Wildman–Crippen LogP) is 1.33. The summed E-state index contributed by atoms with van der Waals surface area (Å²) >= 11 is 0. The van der Waals surface area contributed by atoms with Crippen LogP contribution in [0.15, 0.2) is 0 Å². The quantitative estimate of drug-likeness (QED) is 0.779. The van der Waals surface area contributed by atoms with E-state index >= 15 is 0 Å². The highest BCUT2D eigenvalue weighted by Crippen LogP contribution is 2.41. The second-order valence-corrected chi connectivity index (χ2v) is 5.55. The van der Waals surface area contributed by atoms with E-state index in [9.17, 15) is 4.79 Å². The molecule has 0 aromatic carbocycles. The first-order valence-electron chi connectivity index (χ1n) is 6.82. The van der Waals surface area contributed by atoms with Gasteiger partial charge >= 0.3 is 0 Å². The molecule has 2 fully saturated rings. The largest absolute Gasteiger partial charge is 0.370 e. The standard InChI is InChI=1S/C13H24N2O2/c1-10(12(14)16)15-9-11-5-8-13(17-11)6-3-2-4-7-13/h10-11,15H,2-9H2,1H3,(H2,14,16). The Balaban J connectivity index is 1.76. The summed E-state index contributed by atoms with van der Waals surface area (Å²) in [7, 11) is 0. The Morgan fingerprint density at radius 3 is 2.76 bits per heavy atom. The smallest absolute Gasteiger partial charge is 0.234 e. The van der Waals surface area contributed by atoms with Gasteiger partial charge in [0.25, 0.3) is 0 Å². The maximum atomic E-state index is 10.9. The van der Waals surface area contributed by atoms with Crippen molar-refractivity contribution in [2.75, 3.05) is 6.54 Å². The van der Waals surface area contributed by atoms with E-state index in [2.05, 4.69) is 5.32 Å². The monoisotopic (exact) mass is 240 g/mol. The molecule has 0 aromatic rings. The first-order chi connectivity index (χ1) is 8.11. The van der Waals surface area contributed by atoms with Crippen molar-refractivity contribution in [2.24, 2.45) is 5.73 Å². The number of nitrogens with one attached hydrogen (secondary N) is 1. The van der Waals surface area contributed by atoms with E-state index in [1.54, 1.807) is 6.92 Å². The van der Waals surface area contributed by atoms with Gasteiger partial charge in [0.15, 0.2) is 0 Å². The number of carbonyl (C=O) groups is 1. The Morgan fingerprint density at radius 2 is 2.12 bits per heavy atom. The fourth-order valence-corrected chi connectivity index (χ4v) is 3.01. The van der Waals surface area contributed by atoms with Gasteiger partial charge in [0.2, 0.25) is 5.91 Å². The Labute approximate surface area is 103 Å². The van der Waals surface area contributed by atoms with Gasteiger partial charge in [0.05, 0.1) is 17.7 Å². The van der Waals surface area contributed by atoms with E-state index in [1.807, 2.05) is 0 Å². The molecule has 4 nitrogen and oxygen atoms in total. The molecule has 2 unspecified atom stereocenters. The van der Waals surface area contributed by atoms with Gasteiger partial charge < -0.3 is 15.8 Å². The van der Waals surface area contributed by atoms with E-state index in [0.29, 0.717) is 0 Å². The Bertz CT molecular complexity index is 275. The van der Waals surface area contributed by atoms with Crippen molar-refractivity contribution in [1.29, 1.82) is 0 Å². The highest BCUT2D eigenvalue weighted by atomic mass is 16.5. The molecule has 1 heterocycles. The number of nitrogens with two attached hydrogens (primary N) is 1. The molecule has 3 N–H and O–H groups in total. The van der Waals surface area contributed by atoms with Crippen molar-refractivity contribution in [3.05, 3.63) is 0 Å². The molecular weight excluding hydrogens is 216 g/mol. The number of ether oxygens (including phenoxy) is 1. The van der Waals surface area contributed by atoms with Crippen molar-refractivity contribution >= 4 is 5.91 Å². The Hall–Kier alpha value is -0.610. The molecule has 1 aliphatic carbocycles. The molecule has 0 aromatic heterocycles. The van der Waals surface area contributed by atoms with Crippen LogP contribution in [0.2, 0.25) is 0 Å². The summed E-state index contributed by atoms with van der Waals surface area (Å²) < 4.78 is 6.21. The van der Waals surface area contributed by atoms with E-state index < -0.39 is 0 Å². The van der Waals surface area contributed by atoms with Crippen LogP contribution in [-0.2, 0) is 9.53 Å². The lowest BCUT2D eigenvalue weighted by Crippen LogP contribution is -2.43. The maximum Gasteiger partial charge on any atom is 0.234 e. The SMILES string of the molecule is CC(NCC1CCC2(CCCCC2)O1)C(N)=O. The minimum atomic E-state index is -0.296. The molecule has 0 bridgehead atoms. The lowest BCUT2D eigenvalue weighted by molar-refractivity contribution is -0.119. The zero-order chi connectivity index (χ0) is 12.3. The van der Waals surface area contributed by atoms with Crippen LogP contribution in [0.3, 0.4) is 0 Å². The van der Waals surface area contributed by atoms with Crippen molar-refractivity contribution in [3.8, 4) is 0 Å². The van der Waals surface area contributed by atoms with Crippen LogP contribution in [0.4, 0.5) is 0 Å². The van der Waals surface area contributed by atoms with Gasteiger partial charge in [0.1, 0.15) is 0 Å². The molecule has 1 saturated heterocycles. The average Bonchev–Trinajstić information content (AvgIpc) is 2.70. The summed E-state index contributed by atoms with van der Waals surface area (Å²) in [5.41, 5.74) is 5.38. The third kappa shape index (κ3) is 3.19. The second kappa shape index (κ2) is 5.36. The second-order valence-electron chi connectivity index (χ2n) is 5.55. The Kier molecular flexibility index (Phi) is 4.05. The van der Waals surface area contributed by atoms with E-state index in [4.69, 9.17) is 10.5 Å². The van der Waals surface area contributed by atoms with Crippen LogP contribution >= 0.6 is 0 Å². The molecule has 1 saturated carbocycles. The number of rotatable bonds is 4. The minimum absolute atomic E-state index is 0.167. The van der Waals surface area contributed by atoms with Crippen molar-refractivity contribution in [1.82, 2.24) is 5.32 Å². The minimum Gasteiger partial charge on any atom is -0.370 e. The van der Waals surface area contributed by atoms with Crippen molar-refractivity contribution < 1.29 is 9.53 Å². The molecule has 4 heteroatoms. The van der Waals surface area contributed by atoms with Crippen molar-refractivity contribution in [3.63, 3.8) is 0 Å². The molecule has 1 amide bonds. The fourth-order valence-electron chi connectivity index (χ4n) is 3.01. The van der Waals surface area contributed by atoms with Gasteiger partial charge in [-0.2, -0.15) is 0 Å². The van der Waals surface area contributed by atoms with Crippen LogP contribution < -0.4 is 11.1 Å². The number of amides is 1. The molecule has 98 valence electrons. The van der Waals surface area contributed by atoms with E-state index in [0.717, 1.165) is 13.0 Å². The highest BCUT2D eigenvalue weighted by Gasteiger charge is 2.40. The van der Waals surface area contributed by atoms with Gasteiger partial charge in [0, 0.05) is 6.54 Å². The third-order valence-corrected chi connectivity index (χ3v) is 4.18. The number of carbonyl (C=O) groups excluding carboxylic acids is 1. The van der Waals surface area contributed by atoms with Crippen LogP contribution in [0.25, 0.3) is 0 Å². The van der Waals surface area contributed by atoms with Crippen LogP contribution in [-0.4, -0.2) is 30.2 Å². The fraction of sp³-hybridized carbons (Fsp3) is 0.923. The molecule has 0 radical (unpaired) electrons. The predicted molar refractivity (Wildman–Crippen MR) is 66.6 cm³/mol. The summed E-state index contributed by atoms with van der Waals surface area (Å²) in [6.45, 7) is 2.54. The zero-order valence-corrected chi connectivity index (χ0v) is 10.7. The summed E-state index contributed by atoms with van der Waals surface area (Å²) in [6.07, 6.45) is 8.95. The van der Waals surface area contributed by atoms with Crippen LogP contribution in [0.5, 0.6) is 0 Å². The summed E-state index contributed by atoms with van der Waals surface area (Å²) in [5, 5.41) is 3.15. The molecular formula is C13H24N2O2. The van der Waals surface area contributed by atoms with Gasteiger partial charge in [-0.3, -0.25) is 4.79 Å². The first kappa shape index (κ1) is 12.8. The molecule has 2 aliphatic rings. The lowest BCUT2D eigenvalue weighted by Gasteiger charge is -2.33. The van der Waals surface area contributed by atoms with Gasteiger partial charge in [-0.05, 0) is 32.6 Å². The number of hydrogen-bond donors (Lipinski definition) is 2. The molecule has 1 aliphatic heterocycles. The van der Waals surface area contributed by atoms with Gasteiger partial charge in [-0.1, -0.05) is 19.3 Å². The van der Waals surface area contributed by atoms with E-state index in [1.165, 1.54) is 38.5 Å². The Morgan fingerprint density at radius 1 is 1.41 bits per heavy atom. The normalized spacial score (nSPS) is 29.4. The first-order valence-corrected chi connectivity index (χ1v) is 6.82. The average molecular weight is 240 g/mol.